The number of rotatable bonds is 5. The van der Waals surface area contributed by atoms with E-state index in [2.05, 4.69) is 5.32 Å². The Morgan fingerprint density at radius 1 is 1.44 bits per heavy atom. The van der Waals surface area contributed by atoms with E-state index in [-0.39, 0.29) is 49.8 Å². The highest BCUT2D eigenvalue weighted by atomic mass is 35.5. The molecule has 2 atom stereocenters. The second-order valence-corrected chi connectivity index (χ2v) is 6.02. The molecular formula is C16H21ClF3N3O2. The minimum atomic E-state index is -4.42. The lowest BCUT2D eigenvalue weighted by atomic mass is 10.1. The van der Waals surface area contributed by atoms with Gasteiger partial charge in [-0.25, -0.2) is 0 Å². The van der Waals surface area contributed by atoms with Crippen molar-refractivity contribution in [3.05, 3.63) is 35.4 Å². The molecule has 1 aromatic carbocycles. The second-order valence-electron chi connectivity index (χ2n) is 6.02. The Morgan fingerprint density at radius 2 is 2.12 bits per heavy atom. The van der Waals surface area contributed by atoms with Gasteiger partial charge in [-0.3, -0.25) is 9.59 Å². The van der Waals surface area contributed by atoms with Crippen LogP contribution in [0, 0.1) is 5.92 Å². The number of hydrogen-bond donors (Lipinski definition) is 2. The SMILES string of the molecule is C[C@@H](CN)NC(=O)C1CC(=O)N(Cc2cccc(C(F)(F)F)c2)C1.Cl. The van der Waals surface area contributed by atoms with E-state index in [1.54, 1.807) is 6.92 Å². The Hall–Kier alpha value is -1.80. The summed E-state index contributed by atoms with van der Waals surface area (Å²) in [5.74, 6) is -1.00. The van der Waals surface area contributed by atoms with E-state index < -0.39 is 17.7 Å². The normalized spacial score (nSPS) is 18.7. The zero-order valence-electron chi connectivity index (χ0n) is 13.7. The van der Waals surface area contributed by atoms with Crippen LogP contribution in [0.1, 0.15) is 24.5 Å². The van der Waals surface area contributed by atoms with Crippen LogP contribution in [0.15, 0.2) is 24.3 Å². The largest absolute Gasteiger partial charge is 0.416 e. The zero-order valence-corrected chi connectivity index (χ0v) is 14.5. The smallest absolute Gasteiger partial charge is 0.352 e. The van der Waals surface area contributed by atoms with Gasteiger partial charge in [0, 0.05) is 32.1 Å². The maximum absolute atomic E-state index is 12.7. The number of likely N-dealkylation sites (tertiary alicyclic amines) is 1. The molecule has 1 heterocycles. The Balaban J connectivity index is 0.00000312. The molecule has 0 radical (unpaired) electrons. The Morgan fingerprint density at radius 3 is 2.72 bits per heavy atom. The van der Waals surface area contributed by atoms with Crippen molar-refractivity contribution in [3.8, 4) is 0 Å². The van der Waals surface area contributed by atoms with Crippen LogP contribution >= 0.6 is 12.4 Å². The number of hydrogen-bond acceptors (Lipinski definition) is 3. The van der Waals surface area contributed by atoms with Gasteiger partial charge in [0.1, 0.15) is 0 Å². The van der Waals surface area contributed by atoms with Crippen molar-refractivity contribution < 1.29 is 22.8 Å². The van der Waals surface area contributed by atoms with Gasteiger partial charge < -0.3 is 16.0 Å². The summed E-state index contributed by atoms with van der Waals surface area (Å²) in [5.41, 5.74) is 5.07. The van der Waals surface area contributed by atoms with Crippen LogP contribution < -0.4 is 11.1 Å². The average Bonchev–Trinajstić information content (AvgIpc) is 2.88. The summed E-state index contributed by atoms with van der Waals surface area (Å²) >= 11 is 0. The van der Waals surface area contributed by atoms with Crippen molar-refractivity contribution in [2.24, 2.45) is 11.7 Å². The molecule has 1 unspecified atom stereocenters. The number of nitrogens with one attached hydrogen (secondary N) is 1. The van der Waals surface area contributed by atoms with E-state index in [9.17, 15) is 22.8 Å². The highest BCUT2D eigenvalue weighted by Crippen LogP contribution is 2.30. The number of nitrogens with zero attached hydrogens (tertiary/aromatic N) is 1. The molecule has 1 aliphatic heterocycles. The van der Waals surface area contributed by atoms with E-state index in [1.165, 1.54) is 17.0 Å². The van der Waals surface area contributed by atoms with Crippen LogP contribution in [0.4, 0.5) is 13.2 Å². The average molecular weight is 380 g/mol. The van der Waals surface area contributed by atoms with Crippen molar-refractivity contribution in [2.75, 3.05) is 13.1 Å². The molecule has 25 heavy (non-hydrogen) atoms. The predicted molar refractivity (Wildman–Crippen MR) is 88.9 cm³/mol. The summed E-state index contributed by atoms with van der Waals surface area (Å²) in [6.45, 7) is 2.30. The molecule has 2 amide bonds. The Kier molecular flexibility index (Phi) is 7.25. The first kappa shape index (κ1) is 21.2. The quantitative estimate of drug-likeness (QED) is 0.821. The third-order valence-electron chi connectivity index (χ3n) is 3.96. The molecule has 0 aliphatic carbocycles. The van der Waals surface area contributed by atoms with E-state index in [1.807, 2.05) is 0 Å². The molecule has 0 spiro atoms. The second kappa shape index (κ2) is 8.53. The van der Waals surface area contributed by atoms with Crippen LogP contribution in [-0.2, 0) is 22.3 Å². The monoisotopic (exact) mass is 379 g/mol. The van der Waals surface area contributed by atoms with Gasteiger partial charge in [-0.15, -0.1) is 12.4 Å². The standard InChI is InChI=1S/C16H20F3N3O2.ClH/c1-10(7-20)21-15(24)12-6-14(23)22(9-12)8-11-3-2-4-13(5-11)16(17,18)19;/h2-5,10,12H,6-9,20H2,1H3,(H,21,24);1H/t10-,12?;/m0./s1. The van der Waals surface area contributed by atoms with E-state index >= 15 is 0 Å². The fourth-order valence-electron chi connectivity index (χ4n) is 2.59. The number of halogens is 4. The summed E-state index contributed by atoms with van der Waals surface area (Å²) in [6, 6.07) is 4.67. The van der Waals surface area contributed by atoms with Crippen molar-refractivity contribution in [1.82, 2.24) is 10.2 Å². The molecule has 5 nitrogen and oxygen atoms in total. The molecule has 3 N–H and O–H groups in total. The maximum Gasteiger partial charge on any atom is 0.416 e. The summed E-state index contributed by atoms with van der Waals surface area (Å²) in [5, 5.41) is 2.71. The highest BCUT2D eigenvalue weighted by Gasteiger charge is 2.35. The first-order valence-corrected chi connectivity index (χ1v) is 7.65. The van der Waals surface area contributed by atoms with Gasteiger partial charge in [-0.1, -0.05) is 12.1 Å². The van der Waals surface area contributed by atoms with E-state index in [0.29, 0.717) is 12.1 Å². The third kappa shape index (κ3) is 5.61. The molecule has 140 valence electrons. The molecule has 1 fully saturated rings. The number of nitrogens with two attached hydrogens (primary N) is 1. The summed E-state index contributed by atoms with van der Waals surface area (Å²) in [4.78, 5) is 25.5. The fraction of sp³-hybridized carbons (Fsp3) is 0.500. The molecule has 1 saturated heterocycles. The van der Waals surface area contributed by atoms with Crippen LogP contribution in [0.25, 0.3) is 0 Å². The molecule has 2 rings (SSSR count). The number of benzene rings is 1. The predicted octanol–water partition coefficient (Wildman–Crippen LogP) is 1.94. The van der Waals surface area contributed by atoms with Gasteiger partial charge in [0.25, 0.3) is 0 Å². The zero-order chi connectivity index (χ0) is 17.9. The summed E-state index contributed by atoms with van der Waals surface area (Å²) in [6.07, 6.45) is -4.37. The summed E-state index contributed by atoms with van der Waals surface area (Å²) in [7, 11) is 0. The first-order chi connectivity index (χ1) is 11.2. The van der Waals surface area contributed by atoms with Crippen LogP contribution in [0.3, 0.4) is 0 Å². The van der Waals surface area contributed by atoms with Crippen molar-refractivity contribution in [1.29, 1.82) is 0 Å². The molecule has 0 bridgehead atoms. The highest BCUT2D eigenvalue weighted by molar-refractivity contribution is 5.89. The van der Waals surface area contributed by atoms with Crippen LogP contribution in [0.5, 0.6) is 0 Å². The number of alkyl halides is 3. The van der Waals surface area contributed by atoms with Crippen molar-refractivity contribution in [2.45, 2.75) is 32.1 Å². The lowest BCUT2D eigenvalue weighted by Crippen LogP contribution is -2.41. The van der Waals surface area contributed by atoms with Gasteiger partial charge in [0.05, 0.1) is 11.5 Å². The van der Waals surface area contributed by atoms with Crippen molar-refractivity contribution in [3.63, 3.8) is 0 Å². The van der Waals surface area contributed by atoms with Crippen LogP contribution in [-0.4, -0.2) is 35.8 Å². The molecular weight excluding hydrogens is 359 g/mol. The van der Waals surface area contributed by atoms with Crippen LogP contribution in [0.2, 0.25) is 0 Å². The molecule has 0 saturated carbocycles. The number of carbonyl (C=O) groups is 2. The summed E-state index contributed by atoms with van der Waals surface area (Å²) < 4.78 is 38.2. The number of carbonyl (C=O) groups excluding carboxylic acids is 2. The topological polar surface area (TPSA) is 75.4 Å². The number of amides is 2. The molecule has 9 heteroatoms. The maximum atomic E-state index is 12.7. The Bertz CT molecular complexity index is 625. The molecule has 1 aromatic rings. The third-order valence-corrected chi connectivity index (χ3v) is 3.96. The van der Waals surface area contributed by atoms with E-state index in [4.69, 9.17) is 5.73 Å². The minimum absolute atomic E-state index is 0. The lowest BCUT2D eigenvalue weighted by Gasteiger charge is -2.18. The minimum Gasteiger partial charge on any atom is -0.352 e. The lowest BCUT2D eigenvalue weighted by molar-refractivity contribution is -0.137. The van der Waals surface area contributed by atoms with Gasteiger partial charge in [-0.05, 0) is 24.6 Å². The van der Waals surface area contributed by atoms with Gasteiger partial charge in [0.15, 0.2) is 0 Å². The fourth-order valence-corrected chi connectivity index (χ4v) is 2.59. The van der Waals surface area contributed by atoms with Crippen molar-refractivity contribution >= 4 is 24.2 Å². The van der Waals surface area contributed by atoms with Gasteiger partial charge in [-0.2, -0.15) is 13.2 Å². The van der Waals surface area contributed by atoms with E-state index in [0.717, 1.165) is 12.1 Å². The molecule has 0 aromatic heterocycles. The van der Waals surface area contributed by atoms with Gasteiger partial charge >= 0.3 is 6.18 Å². The Labute approximate surface area is 150 Å². The molecule has 1 aliphatic rings. The van der Waals surface area contributed by atoms with Gasteiger partial charge in [0.2, 0.25) is 11.8 Å². The first-order valence-electron chi connectivity index (χ1n) is 7.65.